The number of benzene rings is 1. The van der Waals surface area contributed by atoms with Crippen molar-refractivity contribution in [2.45, 2.75) is 45.6 Å². The average Bonchev–Trinajstić information content (AvgIpc) is 2.36. The van der Waals surface area contributed by atoms with Gasteiger partial charge in [-0.05, 0) is 57.7 Å². The van der Waals surface area contributed by atoms with Gasteiger partial charge < -0.3 is 14.7 Å². The Bertz CT molecular complexity index is 483. The van der Waals surface area contributed by atoms with E-state index in [-0.39, 0.29) is 11.8 Å². The zero-order valence-electron chi connectivity index (χ0n) is 13.1. The largest absolute Gasteiger partial charge is 0.505 e. The van der Waals surface area contributed by atoms with Crippen molar-refractivity contribution >= 4 is 6.09 Å². The van der Waals surface area contributed by atoms with E-state index in [0.29, 0.717) is 13.0 Å². The molecule has 0 fully saturated rings. The Morgan fingerprint density at radius 2 is 2.00 bits per heavy atom. The number of halogens is 1. The van der Waals surface area contributed by atoms with Crippen LogP contribution in [0.25, 0.3) is 0 Å². The standard InChI is InChI=1S/C16H24FNO3/c1-16(2,3)21-15(20)18(4)10-6-5-7-12-8-9-14(19)13(17)11-12/h8-9,11,19H,5-7,10H2,1-4H3. The maximum Gasteiger partial charge on any atom is 0.410 e. The van der Waals surface area contributed by atoms with Crippen LogP contribution >= 0.6 is 0 Å². The van der Waals surface area contributed by atoms with Crippen LogP contribution in [-0.4, -0.2) is 35.3 Å². The SMILES string of the molecule is CN(CCCCc1ccc(O)c(F)c1)C(=O)OC(C)(C)C. The second-order valence-corrected chi connectivity index (χ2v) is 6.14. The highest BCUT2D eigenvalue weighted by atomic mass is 19.1. The van der Waals surface area contributed by atoms with Crippen LogP contribution < -0.4 is 0 Å². The van der Waals surface area contributed by atoms with E-state index in [1.165, 1.54) is 12.1 Å². The molecule has 1 N–H and O–H groups in total. The third kappa shape index (κ3) is 6.47. The van der Waals surface area contributed by atoms with Gasteiger partial charge in [0, 0.05) is 13.6 Å². The van der Waals surface area contributed by atoms with Crippen LogP contribution in [-0.2, 0) is 11.2 Å². The zero-order chi connectivity index (χ0) is 16.0. The summed E-state index contributed by atoms with van der Waals surface area (Å²) in [5.74, 6) is -0.929. The molecule has 0 aliphatic heterocycles. The van der Waals surface area contributed by atoms with Crippen LogP contribution in [0.5, 0.6) is 5.75 Å². The van der Waals surface area contributed by atoms with Gasteiger partial charge in [-0.25, -0.2) is 9.18 Å². The summed E-state index contributed by atoms with van der Waals surface area (Å²) in [6.07, 6.45) is 2.01. The fourth-order valence-electron chi connectivity index (χ4n) is 1.82. The lowest BCUT2D eigenvalue weighted by Gasteiger charge is -2.24. The van der Waals surface area contributed by atoms with Crippen LogP contribution in [0.1, 0.15) is 39.2 Å². The third-order valence-corrected chi connectivity index (χ3v) is 2.93. The van der Waals surface area contributed by atoms with Crippen molar-refractivity contribution in [3.63, 3.8) is 0 Å². The first-order valence-electron chi connectivity index (χ1n) is 7.10. The highest BCUT2D eigenvalue weighted by molar-refractivity contribution is 5.67. The van der Waals surface area contributed by atoms with Crippen molar-refractivity contribution in [2.24, 2.45) is 0 Å². The van der Waals surface area contributed by atoms with E-state index in [0.717, 1.165) is 18.4 Å². The van der Waals surface area contributed by atoms with Crippen molar-refractivity contribution in [3.05, 3.63) is 29.6 Å². The van der Waals surface area contributed by atoms with Crippen LogP contribution in [0.3, 0.4) is 0 Å². The summed E-state index contributed by atoms with van der Waals surface area (Å²) in [6, 6.07) is 4.40. The van der Waals surface area contributed by atoms with E-state index >= 15 is 0 Å². The van der Waals surface area contributed by atoms with Crippen LogP contribution in [0.4, 0.5) is 9.18 Å². The molecular formula is C16H24FNO3. The molecule has 1 rings (SSSR count). The Kier molecular flexibility index (Phi) is 6.00. The van der Waals surface area contributed by atoms with Gasteiger partial charge in [-0.3, -0.25) is 0 Å². The summed E-state index contributed by atoms with van der Waals surface area (Å²) < 4.78 is 18.4. The molecule has 0 aromatic heterocycles. The summed E-state index contributed by atoms with van der Waals surface area (Å²) >= 11 is 0. The number of phenolic OH excluding ortho intramolecular Hbond substituents is 1. The molecule has 0 aliphatic carbocycles. The summed E-state index contributed by atoms with van der Waals surface area (Å²) in [6.45, 7) is 6.09. The fraction of sp³-hybridized carbons (Fsp3) is 0.562. The molecule has 118 valence electrons. The molecule has 0 saturated heterocycles. The molecule has 21 heavy (non-hydrogen) atoms. The molecule has 0 heterocycles. The highest BCUT2D eigenvalue weighted by Crippen LogP contribution is 2.17. The Morgan fingerprint density at radius 3 is 2.57 bits per heavy atom. The number of nitrogens with zero attached hydrogens (tertiary/aromatic N) is 1. The Hall–Kier alpha value is -1.78. The molecule has 1 amide bonds. The summed E-state index contributed by atoms with van der Waals surface area (Å²) in [7, 11) is 1.70. The quantitative estimate of drug-likeness (QED) is 0.843. The van der Waals surface area contributed by atoms with E-state index in [4.69, 9.17) is 9.84 Å². The molecule has 0 spiro atoms. The predicted octanol–water partition coefficient (Wildman–Crippen LogP) is 3.72. The van der Waals surface area contributed by atoms with Gasteiger partial charge in [0.2, 0.25) is 0 Å². The second kappa shape index (κ2) is 7.29. The Morgan fingerprint density at radius 1 is 1.33 bits per heavy atom. The number of unbranched alkanes of at least 4 members (excludes halogenated alkanes) is 1. The number of hydrogen-bond donors (Lipinski definition) is 1. The van der Waals surface area contributed by atoms with E-state index in [1.807, 2.05) is 20.8 Å². The molecule has 5 heteroatoms. The summed E-state index contributed by atoms with van der Waals surface area (Å²) in [4.78, 5) is 13.3. The average molecular weight is 297 g/mol. The van der Waals surface area contributed by atoms with Gasteiger partial charge in [0.15, 0.2) is 11.6 Å². The number of carbonyl (C=O) groups excluding carboxylic acids is 1. The van der Waals surface area contributed by atoms with Crippen molar-refractivity contribution in [3.8, 4) is 5.75 Å². The lowest BCUT2D eigenvalue weighted by molar-refractivity contribution is 0.0296. The summed E-state index contributed by atoms with van der Waals surface area (Å²) in [5, 5.41) is 9.11. The van der Waals surface area contributed by atoms with E-state index in [2.05, 4.69) is 0 Å². The lowest BCUT2D eigenvalue weighted by Crippen LogP contribution is -2.34. The van der Waals surface area contributed by atoms with Gasteiger partial charge in [0.1, 0.15) is 5.60 Å². The number of carbonyl (C=O) groups is 1. The minimum Gasteiger partial charge on any atom is -0.505 e. The number of aryl methyl sites for hydroxylation is 1. The highest BCUT2D eigenvalue weighted by Gasteiger charge is 2.19. The number of aromatic hydroxyl groups is 1. The molecule has 0 atom stereocenters. The first kappa shape index (κ1) is 17.3. The van der Waals surface area contributed by atoms with E-state index in [1.54, 1.807) is 18.0 Å². The van der Waals surface area contributed by atoms with Crippen LogP contribution in [0.2, 0.25) is 0 Å². The topological polar surface area (TPSA) is 49.8 Å². The zero-order valence-corrected chi connectivity index (χ0v) is 13.1. The Labute approximate surface area is 125 Å². The van der Waals surface area contributed by atoms with Crippen molar-refractivity contribution < 1.29 is 19.0 Å². The van der Waals surface area contributed by atoms with Gasteiger partial charge >= 0.3 is 6.09 Å². The lowest BCUT2D eigenvalue weighted by atomic mass is 10.1. The predicted molar refractivity (Wildman–Crippen MR) is 79.9 cm³/mol. The molecule has 0 radical (unpaired) electrons. The van der Waals surface area contributed by atoms with Gasteiger partial charge in [-0.1, -0.05) is 6.07 Å². The molecule has 0 aliphatic rings. The van der Waals surface area contributed by atoms with Gasteiger partial charge in [0.05, 0.1) is 0 Å². The monoisotopic (exact) mass is 297 g/mol. The molecular weight excluding hydrogens is 273 g/mol. The molecule has 1 aromatic rings. The van der Waals surface area contributed by atoms with E-state index in [9.17, 15) is 9.18 Å². The molecule has 4 nitrogen and oxygen atoms in total. The minimum absolute atomic E-state index is 0.330. The van der Waals surface area contributed by atoms with Gasteiger partial charge in [-0.2, -0.15) is 0 Å². The molecule has 0 unspecified atom stereocenters. The Balaban J connectivity index is 2.30. The molecule has 0 bridgehead atoms. The molecule has 1 aromatic carbocycles. The number of amides is 1. The van der Waals surface area contributed by atoms with Crippen LogP contribution in [0.15, 0.2) is 18.2 Å². The van der Waals surface area contributed by atoms with Gasteiger partial charge in [-0.15, -0.1) is 0 Å². The second-order valence-electron chi connectivity index (χ2n) is 6.14. The van der Waals surface area contributed by atoms with Crippen molar-refractivity contribution in [1.29, 1.82) is 0 Å². The van der Waals surface area contributed by atoms with Gasteiger partial charge in [0.25, 0.3) is 0 Å². The number of hydrogen-bond acceptors (Lipinski definition) is 3. The van der Waals surface area contributed by atoms with Crippen molar-refractivity contribution in [2.75, 3.05) is 13.6 Å². The first-order valence-corrected chi connectivity index (χ1v) is 7.10. The van der Waals surface area contributed by atoms with Crippen molar-refractivity contribution in [1.82, 2.24) is 4.90 Å². The number of phenols is 1. The first-order chi connectivity index (χ1) is 9.69. The maximum atomic E-state index is 13.2. The minimum atomic E-state index is -0.599. The van der Waals surface area contributed by atoms with Crippen LogP contribution in [0, 0.1) is 5.82 Å². The number of rotatable bonds is 5. The van der Waals surface area contributed by atoms with E-state index < -0.39 is 11.4 Å². The molecule has 0 saturated carbocycles. The smallest absolute Gasteiger partial charge is 0.410 e. The summed E-state index contributed by atoms with van der Waals surface area (Å²) in [5.41, 5.74) is 0.347. The number of ether oxygens (including phenoxy) is 1. The normalized spacial score (nSPS) is 11.3. The third-order valence-electron chi connectivity index (χ3n) is 2.93. The fourth-order valence-corrected chi connectivity index (χ4v) is 1.82. The maximum absolute atomic E-state index is 13.2.